The second kappa shape index (κ2) is 7.84. The van der Waals surface area contributed by atoms with Crippen molar-refractivity contribution in [2.24, 2.45) is 0 Å². The maximum absolute atomic E-state index is 5.90. The monoisotopic (exact) mass is 376 g/mol. The smallest absolute Gasteiger partial charge is 0.209 e. The molecule has 3 heterocycles. The van der Waals surface area contributed by atoms with E-state index in [1.165, 1.54) is 5.56 Å². The number of nitrogens with zero attached hydrogens (tertiary/aromatic N) is 4. The standard InChI is InChI=1S/C18H24N4O3S/c1-3-23-16-8-13-7-12(2)25-17(13)9-14(16)11-26-18-19-20-21-22(18)10-15-5-4-6-24-15/h8-9,12,15H,3-7,10-11H2,1-2H3. The first-order chi connectivity index (χ1) is 12.7. The van der Waals surface area contributed by atoms with Crippen molar-refractivity contribution in [3.8, 4) is 11.5 Å². The second-order valence-corrected chi connectivity index (χ2v) is 7.64. The Morgan fingerprint density at radius 1 is 1.38 bits per heavy atom. The first-order valence-electron chi connectivity index (χ1n) is 9.18. The molecule has 1 fully saturated rings. The lowest BCUT2D eigenvalue weighted by molar-refractivity contribution is 0.0912. The first kappa shape index (κ1) is 17.6. The minimum Gasteiger partial charge on any atom is -0.494 e. The van der Waals surface area contributed by atoms with Crippen molar-refractivity contribution < 1.29 is 14.2 Å². The molecule has 140 valence electrons. The van der Waals surface area contributed by atoms with Crippen molar-refractivity contribution >= 4 is 11.8 Å². The van der Waals surface area contributed by atoms with Gasteiger partial charge in [-0.2, -0.15) is 0 Å². The SMILES string of the molecule is CCOc1cc2c(cc1CSc1nnnn1CC1CCCO1)OC(C)C2. The second-order valence-electron chi connectivity index (χ2n) is 6.70. The molecule has 1 aromatic carbocycles. The highest BCUT2D eigenvalue weighted by Gasteiger charge is 2.23. The van der Waals surface area contributed by atoms with Crippen molar-refractivity contribution in [3.63, 3.8) is 0 Å². The molecular formula is C18H24N4O3S. The Morgan fingerprint density at radius 2 is 2.31 bits per heavy atom. The molecular weight excluding hydrogens is 352 g/mol. The number of rotatable bonds is 7. The Labute approximate surface area is 157 Å². The Kier molecular flexibility index (Phi) is 5.31. The maximum atomic E-state index is 5.90. The lowest BCUT2D eigenvalue weighted by atomic mass is 10.1. The van der Waals surface area contributed by atoms with Gasteiger partial charge in [0.2, 0.25) is 5.16 Å². The van der Waals surface area contributed by atoms with E-state index in [0.29, 0.717) is 13.2 Å². The minimum atomic E-state index is 0.215. The van der Waals surface area contributed by atoms with E-state index >= 15 is 0 Å². The van der Waals surface area contributed by atoms with Gasteiger partial charge in [-0.15, -0.1) is 5.10 Å². The van der Waals surface area contributed by atoms with Crippen molar-refractivity contribution in [2.75, 3.05) is 13.2 Å². The van der Waals surface area contributed by atoms with Crippen LogP contribution in [0, 0.1) is 0 Å². The summed E-state index contributed by atoms with van der Waals surface area (Å²) in [4.78, 5) is 0. The zero-order valence-electron chi connectivity index (χ0n) is 15.2. The number of fused-ring (bicyclic) bond motifs is 1. The Balaban J connectivity index is 1.48. The molecule has 8 heteroatoms. The summed E-state index contributed by atoms with van der Waals surface area (Å²) in [5.41, 5.74) is 2.33. The molecule has 7 nitrogen and oxygen atoms in total. The van der Waals surface area contributed by atoms with E-state index in [1.807, 2.05) is 11.6 Å². The molecule has 0 bridgehead atoms. The molecule has 0 aliphatic carbocycles. The molecule has 1 aromatic heterocycles. The minimum absolute atomic E-state index is 0.215. The molecule has 0 saturated carbocycles. The molecule has 2 unspecified atom stereocenters. The van der Waals surface area contributed by atoms with E-state index in [-0.39, 0.29) is 12.2 Å². The van der Waals surface area contributed by atoms with Gasteiger partial charge < -0.3 is 14.2 Å². The highest BCUT2D eigenvalue weighted by Crippen LogP contribution is 2.37. The summed E-state index contributed by atoms with van der Waals surface area (Å²) in [6, 6.07) is 4.22. The Hall–Kier alpha value is -1.80. The van der Waals surface area contributed by atoms with Crippen LogP contribution in [0.1, 0.15) is 37.8 Å². The topological polar surface area (TPSA) is 71.3 Å². The molecule has 0 spiro atoms. The van der Waals surface area contributed by atoms with Crippen LogP contribution in [0.25, 0.3) is 0 Å². The zero-order chi connectivity index (χ0) is 17.9. The summed E-state index contributed by atoms with van der Waals surface area (Å²) in [7, 11) is 0. The molecule has 0 N–H and O–H groups in total. The van der Waals surface area contributed by atoms with Gasteiger partial charge >= 0.3 is 0 Å². The van der Waals surface area contributed by atoms with Gasteiger partial charge in [0, 0.05) is 29.9 Å². The van der Waals surface area contributed by atoms with Gasteiger partial charge in [0.05, 0.1) is 19.3 Å². The predicted molar refractivity (Wildman–Crippen MR) is 97.8 cm³/mol. The summed E-state index contributed by atoms with van der Waals surface area (Å²) >= 11 is 1.61. The fourth-order valence-corrected chi connectivity index (χ4v) is 4.29. The maximum Gasteiger partial charge on any atom is 0.209 e. The fourth-order valence-electron chi connectivity index (χ4n) is 3.42. The number of tetrazole rings is 1. The van der Waals surface area contributed by atoms with Crippen LogP contribution in [0.5, 0.6) is 11.5 Å². The molecule has 26 heavy (non-hydrogen) atoms. The van der Waals surface area contributed by atoms with E-state index in [4.69, 9.17) is 14.2 Å². The molecule has 2 atom stereocenters. The average Bonchev–Trinajstić information content (AvgIpc) is 3.34. The lowest BCUT2D eigenvalue weighted by Gasteiger charge is -2.13. The van der Waals surface area contributed by atoms with Crippen LogP contribution in [0.15, 0.2) is 17.3 Å². The van der Waals surface area contributed by atoms with Gasteiger partial charge in [0.25, 0.3) is 0 Å². The summed E-state index contributed by atoms with van der Waals surface area (Å²) in [6.07, 6.45) is 3.55. The molecule has 2 aliphatic heterocycles. The van der Waals surface area contributed by atoms with Crippen molar-refractivity contribution in [1.29, 1.82) is 0 Å². The highest BCUT2D eigenvalue weighted by molar-refractivity contribution is 7.98. The molecule has 1 saturated heterocycles. The highest BCUT2D eigenvalue weighted by atomic mass is 32.2. The quantitative estimate of drug-likeness (QED) is 0.688. The third-order valence-electron chi connectivity index (χ3n) is 4.64. The average molecular weight is 376 g/mol. The van der Waals surface area contributed by atoms with Crippen molar-refractivity contribution in [3.05, 3.63) is 23.3 Å². The number of thioether (sulfide) groups is 1. The number of hydrogen-bond acceptors (Lipinski definition) is 7. The van der Waals surface area contributed by atoms with E-state index in [0.717, 1.165) is 53.8 Å². The molecule has 2 aliphatic rings. The summed E-state index contributed by atoms with van der Waals surface area (Å²) in [5.74, 6) is 2.62. The third kappa shape index (κ3) is 3.81. The van der Waals surface area contributed by atoms with Gasteiger partial charge in [-0.05, 0) is 49.2 Å². The summed E-state index contributed by atoms with van der Waals surface area (Å²) in [6.45, 7) is 6.28. The van der Waals surface area contributed by atoms with Crippen LogP contribution in [-0.2, 0) is 23.5 Å². The van der Waals surface area contributed by atoms with Crippen LogP contribution in [-0.4, -0.2) is 45.6 Å². The Bertz CT molecular complexity index is 761. The van der Waals surface area contributed by atoms with E-state index < -0.39 is 0 Å². The third-order valence-corrected chi connectivity index (χ3v) is 5.64. The normalized spacial score (nSPS) is 21.6. The van der Waals surface area contributed by atoms with Gasteiger partial charge in [-0.1, -0.05) is 11.8 Å². The molecule has 0 amide bonds. The van der Waals surface area contributed by atoms with Gasteiger partial charge in [-0.3, -0.25) is 0 Å². The van der Waals surface area contributed by atoms with Gasteiger partial charge in [-0.25, -0.2) is 4.68 Å². The van der Waals surface area contributed by atoms with E-state index in [1.54, 1.807) is 11.8 Å². The van der Waals surface area contributed by atoms with Crippen molar-refractivity contribution in [1.82, 2.24) is 20.2 Å². The largest absolute Gasteiger partial charge is 0.494 e. The number of hydrogen-bond donors (Lipinski definition) is 0. The van der Waals surface area contributed by atoms with Crippen LogP contribution in [0.3, 0.4) is 0 Å². The van der Waals surface area contributed by atoms with Gasteiger partial charge in [0.15, 0.2) is 0 Å². The molecule has 2 aromatic rings. The summed E-state index contributed by atoms with van der Waals surface area (Å²) < 4.78 is 19.3. The lowest BCUT2D eigenvalue weighted by Crippen LogP contribution is -2.16. The predicted octanol–water partition coefficient (Wildman–Crippen LogP) is 2.87. The molecule has 4 rings (SSSR count). The number of aromatic nitrogens is 4. The van der Waals surface area contributed by atoms with E-state index in [2.05, 4.69) is 34.6 Å². The zero-order valence-corrected chi connectivity index (χ0v) is 16.0. The summed E-state index contributed by atoms with van der Waals surface area (Å²) in [5, 5.41) is 12.9. The van der Waals surface area contributed by atoms with Crippen LogP contribution in [0.4, 0.5) is 0 Å². The molecule has 0 radical (unpaired) electrons. The number of benzene rings is 1. The van der Waals surface area contributed by atoms with Crippen molar-refractivity contribution in [2.45, 2.75) is 62.8 Å². The van der Waals surface area contributed by atoms with Crippen LogP contribution >= 0.6 is 11.8 Å². The Morgan fingerprint density at radius 3 is 3.12 bits per heavy atom. The number of ether oxygens (including phenoxy) is 3. The van der Waals surface area contributed by atoms with Crippen LogP contribution in [0.2, 0.25) is 0 Å². The van der Waals surface area contributed by atoms with Crippen LogP contribution < -0.4 is 9.47 Å². The van der Waals surface area contributed by atoms with Gasteiger partial charge in [0.1, 0.15) is 17.6 Å². The first-order valence-corrected chi connectivity index (χ1v) is 10.2. The fraction of sp³-hybridized carbons (Fsp3) is 0.611. The van der Waals surface area contributed by atoms with E-state index in [9.17, 15) is 0 Å².